The highest BCUT2D eigenvalue weighted by Crippen LogP contribution is 2.26. The zero-order chi connectivity index (χ0) is 19.4. The number of carbonyl (C=O) groups excluding carboxylic acids is 1. The number of likely N-dealkylation sites (N-methyl/N-ethyl adjacent to an activating group) is 1. The van der Waals surface area contributed by atoms with Crippen molar-refractivity contribution in [1.29, 1.82) is 0 Å². The van der Waals surface area contributed by atoms with Gasteiger partial charge in [-0.05, 0) is 42.9 Å². The molecule has 4 nitrogen and oxygen atoms in total. The first kappa shape index (κ1) is 19.9. The summed E-state index contributed by atoms with van der Waals surface area (Å²) in [6.45, 7) is 3.66. The van der Waals surface area contributed by atoms with Gasteiger partial charge in [0, 0.05) is 38.4 Å². The average molecular weight is 410 g/mol. The molecule has 0 spiro atoms. The summed E-state index contributed by atoms with van der Waals surface area (Å²) in [6.07, 6.45) is 0. The zero-order valence-electron chi connectivity index (χ0n) is 15.2. The highest BCUT2D eigenvalue weighted by molar-refractivity contribution is 6.42. The monoisotopic (exact) mass is 409 g/mol. The van der Waals surface area contributed by atoms with Gasteiger partial charge in [-0.25, -0.2) is 4.39 Å². The molecule has 3 rings (SSSR count). The van der Waals surface area contributed by atoms with Gasteiger partial charge < -0.3 is 9.80 Å². The number of anilines is 1. The first-order chi connectivity index (χ1) is 12.9. The molecule has 0 bridgehead atoms. The Hall–Kier alpha value is -1.82. The summed E-state index contributed by atoms with van der Waals surface area (Å²) in [5, 5.41) is 1.05. The Bertz CT molecular complexity index is 792. The quantitative estimate of drug-likeness (QED) is 0.748. The molecule has 27 heavy (non-hydrogen) atoms. The molecule has 0 saturated carbocycles. The number of hydrogen-bond donors (Lipinski definition) is 0. The second kappa shape index (κ2) is 8.91. The molecule has 144 valence electrons. The van der Waals surface area contributed by atoms with Gasteiger partial charge in [0.2, 0.25) is 5.91 Å². The molecule has 0 unspecified atom stereocenters. The van der Waals surface area contributed by atoms with Crippen LogP contribution in [0.2, 0.25) is 10.0 Å². The molecule has 1 saturated heterocycles. The summed E-state index contributed by atoms with van der Waals surface area (Å²) in [5.74, 6) is -0.148. The van der Waals surface area contributed by atoms with E-state index >= 15 is 0 Å². The molecule has 0 atom stereocenters. The van der Waals surface area contributed by atoms with Gasteiger partial charge >= 0.3 is 0 Å². The second-order valence-corrected chi connectivity index (χ2v) is 7.51. The Kier molecular flexibility index (Phi) is 6.58. The van der Waals surface area contributed by atoms with Crippen LogP contribution in [0.4, 0.5) is 10.1 Å². The number of rotatable bonds is 5. The Balaban J connectivity index is 1.50. The van der Waals surface area contributed by atoms with E-state index in [0.29, 0.717) is 36.2 Å². The highest BCUT2D eigenvalue weighted by atomic mass is 35.5. The van der Waals surface area contributed by atoms with Crippen LogP contribution in [-0.4, -0.2) is 55.5 Å². The van der Waals surface area contributed by atoms with Gasteiger partial charge in [0.15, 0.2) is 0 Å². The fourth-order valence-corrected chi connectivity index (χ4v) is 3.59. The molecular formula is C20H22Cl2FN3O. The molecule has 1 fully saturated rings. The van der Waals surface area contributed by atoms with E-state index in [0.717, 1.165) is 24.3 Å². The molecule has 2 aromatic carbocycles. The van der Waals surface area contributed by atoms with E-state index in [1.165, 1.54) is 12.1 Å². The van der Waals surface area contributed by atoms with E-state index in [4.69, 9.17) is 23.2 Å². The normalized spacial score (nSPS) is 14.7. The van der Waals surface area contributed by atoms with E-state index in [1.54, 1.807) is 18.2 Å². The third kappa shape index (κ3) is 5.12. The smallest absolute Gasteiger partial charge is 0.236 e. The van der Waals surface area contributed by atoms with Gasteiger partial charge in [0.25, 0.3) is 0 Å². The zero-order valence-corrected chi connectivity index (χ0v) is 16.7. The second-order valence-electron chi connectivity index (χ2n) is 6.73. The van der Waals surface area contributed by atoms with E-state index in [-0.39, 0.29) is 11.7 Å². The van der Waals surface area contributed by atoms with Crippen molar-refractivity contribution in [1.82, 2.24) is 9.80 Å². The molecule has 0 aliphatic carbocycles. The van der Waals surface area contributed by atoms with Crippen molar-refractivity contribution in [2.75, 3.05) is 44.7 Å². The Morgan fingerprint density at radius 3 is 2.41 bits per heavy atom. The summed E-state index contributed by atoms with van der Waals surface area (Å²) >= 11 is 12.3. The molecule has 0 N–H and O–H groups in total. The number of hydrogen-bond acceptors (Lipinski definition) is 3. The van der Waals surface area contributed by atoms with Crippen molar-refractivity contribution in [3.8, 4) is 0 Å². The fraction of sp³-hybridized carbons (Fsp3) is 0.350. The molecule has 1 aliphatic rings. The van der Waals surface area contributed by atoms with Gasteiger partial charge in [0.1, 0.15) is 5.82 Å². The Morgan fingerprint density at radius 1 is 1.07 bits per heavy atom. The maximum atomic E-state index is 13.1. The molecular weight excluding hydrogens is 388 g/mol. The van der Waals surface area contributed by atoms with Crippen LogP contribution in [0.5, 0.6) is 0 Å². The molecule has 1 amide bonds. The van der Waals surface area contributed by atoms with Crippen molar-refractivity contribution in [3.05, 3.63) is 63.9 Å². The van der Waals surface area contributed by atoms with Crippen molar-refractivity contribution >= 4 is 34.8 Å². The van der Waals surface area contributed by atoms with Crippen LogP contribution >= 0.6 is 23.2 Å². The number of halogens is 3. The maximum Gasteiger partial charge on any atom is 0.236 e. The third-order valence-corrected chi connectivity index (χ3v) is 5.56. The molecule has 1 aliphatic heterocycles. The minimum absolute atomic E-state index is 0.0920. The van der Waals surface area contributed by atoms with Gasteiger partial charge in [0.05, 0.1) is 16.6 Å². The van der Waals surface area contributed by atoms with Crippen molar-refractivity contribution in [3.63, 3.8) is 0 Å². The lowest BCUT2D eigenvalue weighted by Gasteiger charge is -2.36. The predicted octanol–water partition coefficient (Wildman–Crippen LogP) is 3.91. The van der Waals surface area contributed by atoms with Crippen molar-refractivity contribution in [2.24, 2.45) is 0 Å². The lowest BCUT2D eigenvalue weighted by Crippen LogP contribution is -2.51. The number of carbonyl (C=O) groups is 1. The maximum absolute atomic E-state index is 13.1. The first-order valence-electron chi connectivity index (χ1n) is 8.84. The minimum atomic E-state index is -0.240. The van der Waals surface area contributed by atoms with Crippen LogP contribution < -0.4 is 4.90 Å². The minimum Gasteiger partial charge on any atom is -0.368 e. The van der Waals surface area contributed by atoms with Crippen LogP contribution in [0.15, 0.2) is 42.5 Å². The van der Waals surface area contributed by atoms with Crippen molar-refractivity contribution < 1.29 is 9.18 Å². The number of amides is 1. The van der Waals surface area contributed by atoms with Crippen LogP contribution in [0.1, 0.15) is 5.56 Å². The molecule has 0 aromatic heterocycles. The highest BCUT2D eigenvalue weighted by Gasteiger charge is 2.22. The van der Waals surface area contributed by atoms with E-state index in [2.05, 4.69) is 4.90 Å². The molecule has 0 radical (unpaired) electrons. The Morgan fingerprint density at radius 2 is 1.74 bits per heavy atom. The SMILES string of the molecule is CN(CC(=O)N1CCN(c2ccc(F)cc2)CC1)Cc1cccc(Cl)c1Cl. The molecule has 1 heterocycles. The number of benzene rings is 2. The standard InChI is InChI=1S/C20H22Cl2FN3O/c1-24(13-15-3-2-4-18(21)20(15)22)14-19(27)26-11-9-25(10-12-26)17-7-5-16(23)6-8-17/h2-8H,9-14H2,1H3. The third-order valence-electron chi connectivity index (χ3n) is 4.70. The molecule has 7 heteroatoms. The van der Waals surface area contributed by atoms with Crippen LogP contribution in [0.25, 0.3) is 0 Å². The topological polar surface area (TPSA) is 26.8 Å². The summed E-state index contributed by atoms with van der Waals surface area (Å²) in [5.41, 5.74) is 1.89. The van der Waals surface area contributed by atoms with Crippen LogP contribution in [0.3, 0.4) is 0 Å². The lowest BCUT2D eigenvalue weighted by atomic mass is 10.2. The van der Waals surface area contributed by atoms with Crippen LogP contribution in [0, 0.1) is 5.82 Å². The van der Waals surface area contributed by atoms with Gasteiger partial charge in [-0.15, -0.1) is 0 Å². The number of piperazine rings is 1. The van der Waals surface area contributed by atoms with Gasteiger partial charge in [-0.3, -0.25) is 9.69 Å². The Labute approximate surface area is 169 Å². The van der Waals surface area contributed by atoms with Crippen LogP contribution in [-0.2, 0) is 11.3 Å². The first-order valence-corrected chi connectivity index (χ1v) is 9.59. The predicted molar refractivity (Wildman–Crippen MR) is 108 cm³/mol. The van der Waals surface area contributed by atoms with E-state index in [9.17, 15) is 9.18 Å². The van der Waals surface area contributed by atoms with E-state index in [1.807, 2.05) is 29.0 Å². The fourth-order valence-electron chi connectivity index (χ4n) is 3.21. The summed E-state index contributed by atoms with van der Waals surface area (Å²) in [4.78, 5) is 18.6. The summed E-state index contributed by atoms with van der Waals surface area (Å²) in [6, 6.07) is 12.0. The summed E-state index contributed by atoms with van der Waals surface area (Å²) in [7, 11) is 1.89. The number of nitrogens with zero attached hydrogens (tertiary/aromatic N) is 3. The largest absolute Gasteiger partial charge is 0.368 e. The van der Waals surface area contributed by atoms with E-state index < -0.39 is 0 Å². The summed E-state index contributed by atoms with van der Waals surface area (Å²) < 4.78 is 13.1. The average Bonchev–Trinajstić information content (AvgIpc) is 2.66. The lowest BCUT2D eigenvalue weighted by molar-refractivity contribution is -0.132. The molecule has 2 aromatic rings. The van der Waals surface area contributed by atoms with Crippen molar-refractivity contribution in [2.45, 2.75) is 6.54 Å². The van der Waals surface area contributed by atoms with Gasteiger partial charge in [-0.2, -0.15) is 0 Å². The van der Waals surface area contributed by atoms with Gasteiger partial charge in [-0.1, -0.05) is 35.3 Å².